The van der Waals surface area contributed by atoms with Crippen LogP contribution in [0.4, 0.5) is 8.78 Å². The highest BCUT2D eigenvalue weighted by Crippen LogP contribution is 2.33. The number of hydrogen-bond acceptors (Lipinski definition) is 3. The number of benzene rings is 1. The van der Waals surface area contributed by atoms with Crippen molar-refractivity contribution in [2.45, 2.75) is 31.9 Å². The molecule has 1 aliphatic rings. The summed E-state index contributed by atoms with van der Waals surface area (Å²) in [5.41, 5.74) is 0.0340. The Morgan fingerprint density at radius 3 is 2.82 bits per heavy atom. The molecule has 2 N–H and O–H groups in total. The zero-order valence-electron chi connectivity index (χ0n) is 12.2. The van der Waals surface area contributed by atoms with Gasteiger partial charge in [-0.2, -0.15) is 0 Å². The summed E-state index contributed by atoms with van der Waals surface area (Å²) < 4.78 is 27.2. The summed E-state index contributed by atoms with van der Waals surface area (Å²) in [5, 5.41) is 12.2. The van der Waals surface area contributed by atoms with Crippen molar-refractivity contribution in [1.82, 2.24) is 10.2 Å². The van der Waals surface area contributed by atoms with Gasteiger partial charge in [0.1, 0.15) is 11.6 Å². The second kappa shape index (κ2) is 6.83. The van der Waals surface area contributed by atoms with Crippen LogP contribution in [0.1, 0.15) is 31.4 Å². The molecule has 1 fully saturated rings. The molecule has 2 rings (SSSR count). The molecule has 1 saturated heterocycles. The summed E-state index contributed by atoms with van der Waals surface area (Å²) in [6.45, 7) is 1.46. The molecule has 0 radical (unpaired) electrons. The van der Waals surface area contributed by atoms with Crippen LogP contribution in [0.5, 0.6) is 0 Å². The maximum atomic E-state index is 13.9. The summed E-state index contributed by atoms with van der Waals surface area (Å²) in [7, 11) is 0. The van der Waals surface area contributed by atoms with E-state index in [0.29, 0.717) is 0 Å². The molecule has 1 aromatic rings. The molecule has 5 nitrogen and oxygen atoms in total. The smallest absolute Gasteiger partial charge is 0.242 e. The zero-order valence-corrected chi connectivity index (χ0v) is 12.2. The fraction of sp³-hybridized carbons (Fsp3) is 0.467. The van der Waals surface area contributed by atoms with E-state index in [1.54, 1.807) is 6.92 Å². The zero-order chi connectivity index (χ0) is 16.3. The Morgan fingerprint density at radius 2 is 2.14 bits per heavy atom. The van der Waals surface area contributed by atoms with Gasteiger partial charge in [-0.25, -0.2) is 8.78 Å². The maximum Gasteiger partial charge on any atom is 0.242 e. The summed E-state index contributed by atoms with van der Waals surface area (Å²) in [5.74, 6) is -1.95. The predicted molar refractivity (Wildman–Crippen MR) is 74.7 cm³/mol. The van der Waals surface area contributed by atoms with Crippen molar-refractivity contribution in [3.05, 3.63) is 35.4 Å². The minimum absolute atomic E-state index is 0.0292. The minimum atomic E-state index is -0.807. The molecule has 0 aromatic heterocycles. The van der Waals surface area contributed by atoms with E-state index < -0.39 is 29.7 Å². The lowest BCUT2D eigenvalue weighted by molar-refractivity contribution is -0.133. The largest absolute Gasteiger partial charge is 0.391 e. The number of carbonyl (C=O) groups is 2. The Hall–Kier alpha value is -2.02. The van der Waals surface area contributed by atoms with Crippen LogP contribution in [0.25, 0.3) is 0 Å². The summed E-state index contributed by atoms with van der Waals surface area (Å²) in [4.78, 5) is 24.7. The van der Waals surface area contributed by atoms with E-state index in [9.17, 15) is 23.5 Å². The molecular weight excluding hydrogens is 294 g/mol. The van der Waals surface area contributed by atoms with Crippen molar-refractivity contribution in [1.29, 1.82) is 0 Å². The maximum absolute atomic E-state index is 13.9. The van der Waals surface area contributed by atoms with Gasteiger partial charge in [0.15, 0.2) is 0 Å². The summed E-state index contributed by atoms with van der Waals surface area (Å²) >= 11 is 0. The van der Waals surface area contributed by atoms with Crippen molar-refractivity contribution >= 4 is 11.8 Å². The van der Waals surface area contributed by atoms with Gasteiger partial charge >= 0.3 is 0 Å². The molecule has 2 unspecified atom stereocenters. The Labute approximate surface area is 126 Å². The fourth-order valence-corrected chi connectivity index (χ4v) is 2.55. The van der Waals surface area contributed by atoms with Gasteiger partial charge < -0.3 is 15.3 Å². The van der Waals surface area contributed by atoms with E-state index in [-0.39, 0.29) is 37.4 Å². The number of aliphatic hydroxyl groups is 1. The van der Waals surface area contributed by atoms with E-state index in [1.807, 2.05) is 0 Å². The highest BCUT2D eigenvalue weighted by atomic mass is 19.1. The van der Waals surface area contributed by atoms with Gasteiger partial charge in [0.05, 0.1) is 18.7 Å². The van der Waals surface area contributed by atoms with Gasteiger partial charge in [0.25, 0.3) is 0 Å². The number of β-amino-alcohol motifs (C(OH)–C–C–N with tert-alkyl or cyclic N) is 1. The van der Waals surface area contributed by atoms with E-state index in [0.717, 1.165) is 18.2 Å². The molecule has 0 saturated carbocycles. The van der Waals surface area contributed by atoms with Crippen molar-refractivity contribution in [2.24, 2.45) is 0 Å². The van der Waals surface area contributed by atoms with Gasteiger partial charge in [-0.15, -0.1) is 0 Å². The Kier molecular flexibility index (Phi) is 5.07. The molecular formula is C15H18F2N2O3. The van der Waals surface area contributed by atoms with Gasteiger partial charge in [0, 0.05) is 18.5 Å². The second-order valence-electron chi connectivity index (χ2n) is 5.25. The molecule has 2 amide bonds. The molecule has 2 atom stereocenters. The van der Waals surface area contributed by atoms with Gasteiger partial charge in [-0.1, -0.05) is 6.92 Å². The lowest BCUT2D eigenvalue weighted by atomic mass is 10.0. The number of nitrogens with zero attached hydrogens (tertiary/aromatic N) is 1. The predicted octanol–water partition coefficient (Wildman–Crippen LogP) is 1.13. The third kappa shape index (κ3) is 3.59. The standard InChI is InChI=1S/C15H18F2N2O3/c1-2-14(21)18-7-15(22)19-8-10(20)6-13(19)11-5-9(16)3-4-12(11)17/h3-5,10,13,20H,2,6-8H2,1H3,(H,18,21). The molecule has 7 heteroatoms. The Morgan fingerprint density at radius 1 is 1.41 bits per heavy atom. The summed E-state index contributed by atoms with van der Waals surface area (Å²) in [6, 6.07) is 2.29. The number of nitrogens with one attached hydrogen (secondary N) is 1. The molecule has 1 aromatic carbocycles. The Balaban J connectivity index is 2.17. The van der Waals surface area contributed by atoms with E-state index in [1.165, 1.54) is 4.90 Å². The van der Waals surface area contributed by atoms with Crippen LogP contribution < -0.4 is 5.32 Å². The number of aliphatic hydroxyl groups excluding tert-OH is 1. The second-order valence-corrected chi connectivity index (χ2v) is 5.25. The van der Waals surface area contributed by atoms with Gasteiger partial charge in [-0.05, 0) is 24.6 Å². The Bertz CT molecular complexity index is 580. The average Bonchev–Trinajstić information content (AvgIpc) is 2.88. The third-order valence-corrected chi connectivity index (χ3v) is 3.67. The normalized spacial score (nSPS) is 21.0. The highest BCUT2D eigenvalue weighted by molar-refractivity contribution is 5.85. The third-order valence-electron chi connectivity index (χ3n) is 3.67. The number of halogens is 2. The van der Waals surface area contributed by atoms with Crippen LogP contribution in [0.3, 0.4) is 0 Å². The molecule has 1 heterocycles. The first-order valence-corrected chi connectivity index (χ1v) is 7.11. The number of hydrogen-bond donors (Lipinski definition) is 2. The van der Waals surface area contributed by atoms with E-state index >= 15 is 0 Å². The minimum Gasteiger partial charge on any atom is -0.391 e. The molecule has 22 heavy (non-hydrogen) atoms. The SMILES string of the molecule is CCC(=O)NCC(=O)N1CC(O)CC1c1cc(F)ccc1F. The number of carbonyl (C=O) groups excluding carboxylic acids is 2. The first-order valence-electron chi connectivity index (χ1n) is 7.11. The van der Waals surface area contributed by atoms with Crippen molar-refractivity contribution in [3.8, 4) is 0 Å². The number of likely N-dealkylation sites (tertiary alicyclic amines) is 1. The fourth-order valence-electron chi connectivity index (χ4n) is 2.55. The number of rotatable bonds is 4. The van der Waals surface area contributed by atoms with Crippen molar-refractivity contribution in [2.75, 3.05) is 13.1 Å². The van der Waals surface area contributed by atoms with Crippen molar-refractivity contribution < 1.29 is 23.5 Å². The lowest BCUT2D eigenvalue weighted by Gasteiger charge is -2.25. The van der Waals surface area contributed by atoms with Crippen molar-refractivity contribution in [3.63, 3.8) is 0 Å². The van der Waals surface area contributed by atoms with E-state index in [2.05, 4.69) is 5.32 Å². The summed E-state index contributed by atoms with van der Waals surface area (Å²) in [6.07, 6.45) is -0.426. The first kappa shape index (κ1) is 16.4. The lowest BCUT2D eigenvalue weighted by Crippen LogP contribution is -2.40. The first-order chi connectivity index (χ1) is 10.4. The molecule has 0 spiro atoms. The van der Waals surface area contributed by atoms with E-state index in [4.69, 9.17) is 0 Å². The van der Waals surface area contributed by atoms with Crippen LogP contribution >= 0.6 is 0 Å². The molecule has 1 aliphatic heterocycles. The molecule has 0 bridgehead atoms. The van der Waals surface area contributed by atoms with Gasteiger partial charge in [0.2, 0.25) is 11.8 Å². The van der Waals surface area contributed by atoms with Crippen LogP contribution in [0, 0.1) is 11.6 Å². The molecule has 0 aliphatic carbocycles. The monoisotopic (exact) mass is 312 g/mol. The highest BCUT2D eigenvalue weighted by Gasteiger charge is 2.36. The van der Waals surface area contributed by atoms with Gasteiger partial charge in [-0.3, -0.25) is 9.59 Å². The number of amides is 2. The van der Waals surface area contributed by atoms with Crippen LogP contribution in [-0.2, 0) is 9.59 Å². The topological polar surface area (TPSA) is 69.6 Å². The quantitative estimate of drug-likeness (QED) is 0.875. The van der Waals surface area contributed by atoms with Crippen LogP contribution in [0.2, 0.25) is 0 Å². The average molecular weight is 312 g/mol. The molecule has 120 valence electrons. The van der Waals surface area contributed by atoms with Crippen LogP contribution in [0.15, 0.2) is 18.2 Å². The van der Waals surface area contributed by atoms with Crippen LogP contribution in [-0.4, -0.2) is 41.0 Å².